The van der Waals surface area contributed by atoms with E-state index in [2.05, 4.69) is 25.9 Å². The summed E-state index contributed by atoms with van der Waals surface area (Å²) in [5.41, 5.74) is 0.848. The Morgan fingerprint density at radius 2 is 1.88 bits per heavy atom. The van der Waals surface area contributed by atoms with E-state index in [9.17, 15) is 13.2 Å². The fraction of sp³-hybridized carbons (Fsp3) is 0.0909. The molecule has 0 aliphatic rings. The van der Waals surface area contributed by atoms with Crippen LogP contribution in [0.5, 0.6) is 0 Å². The van der Waals surface area contributed by atoms with E-state index >= 15 is 0 Å². The third kappa shape index (κ3) is 2.82. The van der Waals surface area contributed by atoms with Gasteiger partial charge in [-0.25, -0.2) is 9.97 Å². The van der Waals surface area contributed by atoms with E-state index in [1.54, 1.807) is 24.3 Å². The first-order valence-electron chi connectivity index (χ1n) is 4.63. The first-order chi connectivity index (χ1) is 7.97. The van der Waals surface area contributed by atoms with Crippen LogP contribution in [0.4, 0.5) is 13.2 Å². The minimum Gasteiger partial charge on any atom is -0.233 e. The van der Waals surface area contributed by atoms with Gasteiger partial charge < -0.3 is 0 Å². The van der Waals surface area contributed by atoms with Crippen LogP contribution in [-0.4, -0.2) is 9.97 Å². The van der Waals surface area contributed by atoms with Crippen LogP contribution in [0.2, 0.25) is 0 Å². The first-order valence-corrected chi connectivity index (χ1v) is 5.42. The SMILES string of the molecule is FC(F)(F)c1nccc(-c2cccc(Br)c2)n1. The number of nitrogens with zero attached hydrogens (tertiary/aromatic N) is 2. The molecule has 0 N–H and O–H groups in total. The van der Waals surface area contributed by atoms with Crippen molar-refractivity contribution < 1.29 is 13.2 Å². The van der Waals surface area contributed by atoms with Gasteiger partial charge >= 0.3 is 6.18 Å². The largest absolute Gasteiger partial charge is 0.451 e. The van der Waals surface area contributed by atoms with Crippen molar-refractivity contribution in [2.75, 3.05) is 0 Å². The van der Waals surface area contributed by atoms with Gasteiger partial charge in [0.15, 0.2) is 0 Å². The monoisotopic (exact) mass is 302 g/mol. The van der Waals surface area contributed by atoms with Gasteiger partial charge in [-0.1, -0.05) is 28.1 Å². The Labute approximate surface area is 104 Å². The van der Waals surface area contributed by atoms with Crippen LogP contribution in [0.3, 0.4) is 0 Å². The molecule has 0 fully saturated rings. The Hall–Kier alpha value is -1.43. The molecule has 2 rings (SSSR count). The van der Waals surface area contributed by atoms with Crippen molar-refractivity contribution in [3.05, 3.63) is 46.8 Å². The van der Waals surface area contributed by atoms with Gasteiger partial charge in [-0.3, -0.25) is 0 Å². The maximum absolute atomic E-state index is 12.4. The second-order valence-electron chi connectivity index (χ2n) is 3.27. The van der Waals surface area contributed by atoms with Gasteiger partial charge in [-0.15, -0.1) is 0 Å². The molecule has 88 valence electrons. The molecule has 17 heavy (non-hydrogen) atoms. The summed E-state index contributed by atoms with van der Waals surface area (Å²) in [5, 5.41) is 0. The lowest BCUT2D eigenvalue weighted by Gasteiger charge is -2.06. The van der Waals surface area contributed by atoms with Crippen molar-refractivity contribution in [1.29, 1.82) is 0 Å². The van der Waals surface area contributed by atoms with E-state index in [4.69, 9.17) is 0 Å². The Morgan fingerprint density at radius 1 is 1.12 bits per heavy atom. The molecule has 2 aromatic rings. The predicted molar refractivity (Wildman–Crippen MR) is 60.2 cm³/mol. The average molecular weight is 303 g/mol. The van der Waals surface area contributed by atoms with E-state index in [1.807, 2.05) is 0 Å². The zero-order valence-corrected chi connectivity index (χ0v) is 9.96. The summed E-state index contributed by atoms with van der Waals surface area (Å²) in [6, 6.07) is 8.34. The second kappa shape index (κ2) is 4.44. The number of aromatic nitrogens is 2. The highest BCUT2D eigenvalue weighted by atomic mass is 79.9. The zero-order valence-electron chi connectivity index (χ0n) is 8.37. The number of hydrogen-bond donors (Lipinski definition) is 0. The molecule has 0 atom stereocenters. The van der Waals surface area contributed by atoms with Gasteiger partial charge in [0.25, 0.3) is 0 Å². The summed E-state index contributed by atoms with van der Waals surface area (Å²) in [4.78, 5) is 6.71. The van der Waals surface area contributed by atoms with Crippen LogP contribution >= 0.6 is 15.9 Å². The molecule has 0 amide bonds. The molecular weight excluding hydrogens is 297 g/mol. The average Bonchev–Trinajstić information content (AvgIpc) is 2.28. The summed E-state index contributed by atoms with van der Waals surface area (Å²) in [7, 11) is 0. The molecule has 1 aromatic carbocycles. The number of benzene rings is 1. The van der Waals surface area contributed by atoms with Crippen molar-refractivity contribution in [3.8, 4) is 11.3 Å². The summed E-state index contributed by atoms with van der Waals surface area (Å²) >= 11 is 3.25. The number of hydrogen-bond acceptors (Lipinski definition) is 2. The van der Waals surface area contributed by atoms with Gasteiger partial charge in [-0.05, 0) is 18.2 Å². The highest BCUT2D eigenvalue weighted by molar-refractivity contribution is 9.10. The van der Waals surface area contributed by atoms with Crippen molar-refractivity contribution in [2.24, 2.45) is 0 Å². The predicted octanol–water partition coefficient (Wildman–Crippen LogP) is 3.92. The van der Waals surface area contributed by atoms with Crippen LogP contribution in [0.1, 0.15) is 5.82 Å². The Bertz CT molecular complexity index is 540. The third-order valence-electron chi connectivity index (χ3n) is 2.03. The molecule has 6 heteroatoms. The molecule has 0 aliphatic heterocycles. The second-order valence-corrected chi connectivity index (χ2v) is 4.19. The molecule has 1 aromatic heterocycles. The van der Waals surface area contributed by atoms with E-state index in [-0.39, 0.29) is 5.69 Å². The molecule has 1 heterocycles. The fourth-order valence-electron chi connectivity index (χ4n) is 1.30. The van der Waals surface area contributed by atoms with Crippen molar-refractivity contribution in [1.82, 2.24) is 9.97 Å². The van der Waals surface area contributed by atoms with Crippen LogP contribution in [-0.2, 0) is 6.18 Å². The minimum atomic E-state index is -4.53. The molecule has 2 nitrogen and oxygen atoms in total. The van der Waals surface area contributed by atoms with E-state index in [0.717, 1.165) is 10.7 Å². The van der Waals surface area contributed by atoms with Crippen LogP contribution in [0.25, 0.3) is 11.3 Å². The Kier molecular flexibility index (Phi) is 3.15. The number of rotatable bonds is 1. The van der Waals surface area contributed by atoms with Gasteiger partial charge in [0.1, 0.15) is 0 Å². The lowest BCUT2D eigenvalue weighted by molar-refractivity contribution is -0.144. The molecule has 0 unspecified atom stereocenters. The van der Waals surface area contributed by atoms with Gasteiger partial charge in [0, 0.05) is 16.2 Å². The fourth-order valence-corrected chi connectivity index (χ4v) is 1.70. The molecule has 0 aliphatic carbocycles. The molecule has 0 saturated carbocycles. The highest BCUT2D eigenvalue weighted by Crippen LogP contribution is 2.28. The maximum Gasteiger partial charge on any atom is 0.451 e. The third-order valence-corrected chi connectivity index (χ3v) is 2.52. The van der Waals surface area contributed by atoms with Crippen molar-refractivity contribution in [2.45, 2.75) is 6.18 Å². The topological polar surface area (TPSA) is 25.8 Å². The molecule has 0 bridgehead atoms. The smallest absolute Gasteiger partial charge is 0.233 e. The molecule has 0 radical (unpaired) electrons. The normalized spacial score (nSPS) is 11.5. The van der Waals surface area contributed by atoms with Crippen molar-refractivity contribution >= 4 is 15.9 Å². The summed E-state index contributed by atoms with van der Waals surface area (Å²) in [6.07, 6.45) is -3.42. The maximum atomic E-state index is 12.4. The minimum absolute atomic E-state index is 0.244. The van der Waals surface area contributed by atoms with Gasteiger partial charge in [0.05, 0.1) is 5.69 Å². The summed E-state index contributed by atoms with van der Waals surface area (Å²) < 4.78 is 38.1. The first kappa shape index (κ1) is 12.0. The van der Waals surface area contributed by atoms with E-state index < -0.39 is 12.0 Å². The number of alkyl halides is 3. The Balaban J connectivity index is 2.47. The summed E-state index contributed by atoms with van der Waals surface area (Å²) in [6.45, 7) is 0. The highest BCUT2D eigenvalue weighted by Gasteiger charge is 2.34. The zero-order chi connectivity index (χ0) is 12.5. The van der Waals surface area contributed by atoms with Crippen LogP contribution in [0, 0.1) is 0 Å². The van der Waals surface area contributed by atoms with Gasteiger partial charge in [0.2, 0.25) is 5.82 Å². The number of halogens is 4. The van der Waals surface area contributed by atoms with E-state index in [1.165, 1.54) is 6.07 Å². The lowest BCUT2D eigenvalue weighted by Crippen LogP contribution is -2.10. The van der Waals surface area contributed by atoms with Crippen LogP contribution < -0.4 is 0 Å². The molecule has 0 saturated heterocycles. The summed E-state index contributed by atoms with van der Waals surface area (Å²) in [5.74, 6) is -1.13. The lowest BCUT2D eigenvalue weighted by atomic mass is 10.1. The molecular formula is C11H6BrF3N2. The quantitative estimate of drug-likeness (QED) is 0.798. The van der Waals surface area contributed by atoms with E-state index in [0.29, 0.717) is 5.56 Å². The van der Waals surface area contributed by atoms with Gasteiger partial charge in [-0.2, -0.15) is 13.2 Å². The van der Waals surface area contributed by atoms with Crippen LogP contribution in [0.15, 0.2) is 41.0 Å². The van der Waals surface area contributed by atoms with Crippen molar-refractivity contribution in [3.63, 3.8) is 0 Å². The molecule has 0 spiro atoms. The Morgan fingerprint density at radius 3 is 2.53 bits per heavy atom. The standard InChI is InChI=1S/C11H6BrF3N2/c12-8-3-1-2-7(6-8)9-4-5-16-10(17-9)11(13,14)15/h1-6H.